The van der Waals surface area contributed by atoms with Gasteiger partial charge >= 0.3 is 0 Å². The zero-order chi connectivity index (χ0) is 9.26. The Hall–Kier alpha value is -1.31. The normalized spacial score (nSPS) is 24.2. The largest absolute Gasteiger partial charge is 0.376 e. The van der Waals surface area contributed by atoms with Crippen molar-refractivity contribution in [2.45, 2.75) is 0 Å². The Morgan fingerprint density at radius 3 is 2.92 bits per heavy atom. The van der Waals surface area contributed by atoms with Crippen molar-refractivity contribution < 1.29 is 4.58 Å². The molecular formula is C11H15N2+. The molecule has 0 bridgehead atoms. The maximum atomic E-state index is 2.28. The van der Waals surface area contributed by atoms with E-state index in [9.17, 15) is 0 Å². The van der Waals surface area contributed by atoms with Gasteiger partial charge in [0, 0.05) is 25.2 Å². The lowest BCUT2D eigenvalue weighted by molar-refractivity contribution is -0.478. The molecule has 0 aromatic heterocycles. The van der Waals surface area contributed by atoms with E-state index in [0.29, 0.717) is 0 Å². The van der Waals surface area contributed by atoms with E-state index in [-0.39, 0.29) is 0 Å². The molecule has 0 saturated carbocycles. The standard InChI is InChI=1S/C11H15N2/c1-12-5-3-10(8-12)7-11-4-6-13(2)9-11/h3-7H,8-9H2,1-2H3/q+1. The van der Waals surface area contributed by atoms with Crippen LogP contribution < -0.4 is 0 Å². The maximum absolute atomic E-state index is 2.28. The maximum Gasteiger partial charge on any atom is 0.168 e. The van der Waals surface area contributed by atoms with Crippen molar-refractivity contribution in [1.29, 1.82) is 0 Å². The van der Waals surface area contributed by atoms with Gasteiger partial charge in [-0.3, -0.25) is 0 Å². The predicted octanol–water partition coefficient (Wildman–Crippen LogP) is 1.02. The number of likely N-dealkylation sites (N-methyl/N-ethyl adjacent to an activating group) is 2. The van der Waals surface area contributed by atoms with Crippen LogP contribution in [0.5, 0.6) is 0 Å². The highest BCUT2D eigenvalue weighted by Crippen LogP contribution is 2.13. The first-order valence-corrected chi connectivity index (χ1v) is 4.57. The van der Waals surface area contributed by atoms with Crippen molar-refractivity contribution in [1.82, 2.24) is 4.90 Å². The van der Waals surface area contributed by atoms with Gasteiger partial charge in [-0.2, -0.15) is 0 Å². The van der Waals surface area contributed by atoms with Crippen molar-refractivity contribution >= 4 is 6.21 Å². The molecule has 0 fully saturated rings. The summed E-state index contributed by atoms with van der Waals surface area (Å²) in [4.78, 5) is 2.19. The lowest BCUT2D eigenvalue weighted by Gasteiger charge is -2.05. The first-order valence-electron chi connectivity index (χ1n) is 4.57. The molecule has 0 aliphatic carbocycles. The van der Waals surface area contributed by atoms with Gasteiger partial charge in [-0.05, 0) is 23.9 Å². The van der Waals surface area contributed by atoms with Crippen molar-refractivity contribution in [2.24, 2.45) is 0 Å². The molecule has 2 heterocycles. The first-order chi connectivity index (χ1) is 6.24. The fourth-order valence-electron chi connectivity index (χ4n) is 1.66. The molecule has 68 valence electrons. The summed E-state index contributed by atoms with van der Waals surface area (Å²) in [6, 6.07) is 0. The minimum Gasteiger partial charge on any atom is -0.376 e. The van der Waals surface area contributed by atoms with E-state index >= 15 is 0 Å². The average Bonchev–Trinajstić information content (AvgIpc) is 2.62. The van der Waals surface area contributed by atoms with Crippen LogP contribution in [-0.4, -0.2) is 42.9 Å². The fourth-order valence-corrected chi connectivity index (χ4v) is 1.66. The van der Waals surface area contributed by atoms with E-state index < -0.39 is 0 Å². The van der Waals surface area contributed by atoms with Crippen LogP contribution in [0.2, 0.25) is 0 Å². The summed E-state index contributed by atoms with van der Waals surface area (Å²) in [7, 11) is 4.19. The molecule has 0 aromatic carbocycles. The molecule has 0 unspecified atom stereocenters. The quantitative estimate of drug-likeness (QED) is 0.539. The minimum absolute atomic E-state index is 1.04. The van der Waals surface area contributed by atoms with Gasteiger partial charge in [0.2, 0.25) is 0 Å². The molecule has 0 radical (unpaired) electrons. The van der Waals surface area contributed by atoms with Gasteiger partial charge in [0.05, 0.1) is 0 Å². The summed E-state index contributed by atoms with van der Waals surface area (Å²) in [6.07, 6.45) is 10.9. The van der Waals surface area contributed by atoms with Crippen LogP contribution in [0.1, 0.15) is 0 Å². The van der Waals surface area contributed by atoms with Crippen molar-refractivity contribution in [3.05, 3.63) is 35.6 Å². The zero-order valence-corrected chi connectivity index (χ0v) is 8.20. The Bertz CT molecular complexity index is 332. The number of hydrogen-bond donors (Lipinski definition) is 0. The molecule has 2 nitrogen and oxygen atoms in total. The zero-order valence-electron chi connectivity index (χ0n) is 8.20. The Kier molecular flexibility index (Phi) is 2.05. The highest BCUT2D eigenvalue weighted by molar-refractivity contribution is 5.71. The third-order valence-corrected chi connectivity index (χ3v) is 2.32. The van der Waals surface area contributed by atoms with Gasteiger partial charge in [-0.15, -0.1) is 0 Å². The van der Waals surface area contributed by atoms with Crippen molar-refractivity contribution in [3.63, 3.8) is 0 Å². The molecule has 0 atom stereocenters. The highest BCUT2D eigenvalue weighted by atomic mass is 15.1. The minimum atomic E-state index is 1.04. The Labute approximate surface area is 79.2 Å². The third kappa shape index (κ3) is 1.89. The summed E-state index contributed by atoms with van der Waals surface area (Å²) in [5.74, 6) is 0. The smallest absolute Gasteiger partial charge is 0.168 e. The fraction of sp³-hybridized carbons (Fsp3) is 0.364. The molecule has 0 saturated heterocycles. The summed E-state index contributed by atoms with van der Waals surface area (Å²) in [6.45, 7) is 2.09. The highest BCUT2D eigenvalue weighted by Gasteiger charge is 2.10. The summed E-state index contributed by atoms with van der Waals surface area (Å²) in [5.41, 5.74) is 2.80. The van der Waals surface area contributed by atoms with Crippen LogP contribution in [0.15, 0.2) is 35.6 Å². The average molecular weight is 175 g/mol. The molecule has 2 heteroatoms. The van der Waals surface area contributed by atoms with Gasteiger partial charge in [0.15, 0.2) is 12.8 Å². The molecule has 0 spiro atoms. The van der Waals surface area contributed by atoms with E-state index in [0.717, 1.165) is 13.1 Å². The van der Waals surface area contributed by atoms with E-state index in [1.165, 1.54) is 11.1 Å². The number of hydrogen-bond acceptors (Lipinski definition) is 1. The predicted molar refractivity (Wildman–Crippen MR) is 55.1 cm³/mol. The van der Waals surface area contributed by atoms with Crippen molar-refractivity contribution in [3.8, 4) is 0 Å². The molecular weight excluding hydrogens is 160 g/mol. The molecule has 13 heavy (non-hydrogen) atoms. The molecule has 2 rings (SSSR count). The van der Waals surface area contributed by atoms with Gasteiger partial charge in [-0.1, -0.05) is 0 Å². The Morgan fingerprint density at radius 2 is 2.38 bits per heavy atom. The van der Waals surface area contributed by atoms with E-state index in [1.807, 2.05) is 0 Å². The second kappa shape index (κ2) is 3.21. The Balaban J connectivity index is 2.03. The SMILES string of the molecule is CN1C=CC(=CC2=CC=[N+](C)C2)C1. The molecule has 0 aromatic rings. The van der Waals surface area contributed by atoms with Gasteiger partial charge < -0.3 is 4.90 Å². The third-order valence-electron chi connectivity index (χ3n) is 2.32. The Morgan fingerprint density at radius 1 is 1.54 bits per heavy atom. The lowest BCUT2D eigenvalue weighted by atomic mass is 10.1. The van der Waals surface area contributed by atoms with Gasteiger partial charge in [0.25, 0.3) is 0 Å². The number of rotatable bonds is 1. The van der Waals surface area contributed by atoms with Gasteiger partial charge in [-0.25, -0.2) is 4.58 Å². The number of allylic oxidation sites excluding steroid dienone is 1. The van der Waals surface area contributed by atoms with E-state index in [1.54, 1.807) is 0 Å². The van der Waals surface area contributed by atoms with Crippen LogP contribution in [0.3, 0.4) is 0 Å². The van der Waals surface area contributed by atoms with Crippen LogP contribution in [0, 0.1) is 0 Å². The van der Waals surface area contributed by atoms with Crippen molar-refractivity contribution in [2.75, 3.05) is 27.2 Å². The van der Waals surface area contributed by atoms with Crippen LogP contribution in [-0.2, 0) is 0 Å². The van der Waals surface area contributed by atoms with Gasteiger partial charge in [0.1, 0.15) is 7.05 Å². The van der Waals surface area contributed by atoms with Crippen LogP contribution in [0.4, 0.5) is 0 Å². The summed E-state index contributed by atoms with van der Waals surface area (Å²) >= 11 is 0. The molecule has 0 N–H and O–H groups in total. The molecule has 2 aliphatic heterocycles. The van der Waals surface area contributed by atoms with E-state index in [2.05, 4.69) is 54.2 Å². The summed E-state index contributed by atoms with van der Waals surface area (Å²) in [5, 5.41) is 0. The topological polar surface area (TPSA) is 6.25 Å². The second-order valence-electron chi connectivity index (χ2n) is 3.76. The monoisotopic (exact) mass is 175 g/mol. The molecule has 0 amide bonds. The first kappa shape index (κ1) is 8.30. The van der Waals surface area contributed by atoms with Crippen LogP contribution in [0.25, 0.3) is 0 Å². The lowest BCUT2D eigenvalue weighted by Crippen LogP contribution is -2.07. The number of nitrogens with zero attached hydrogens (tertiary/aromatic N) is 2. The second-order valence-corrected chi connectivity index (χ2v) is 3.76. The summed E-state index contributed by atoms with van der Waals surface area (Å²) < 4.78 is 2.19. The molecule has 2 aliphatic rings. The van der Waals surface area contributed by atoms with E-state index in [4.69, 9.17) is 0 Å². The van der Waals surface area contributed by atoms with Crippen LogP contribution >= 0.6 is 0 Å².